The molecule has 3 aliphatic rings. The van der Waals surface area contributed by atoms with Crippen LogP contribution in [0.1, 0.15) is 27.1 Å². The summed E-state index contributed by atoms with van der Waals surface area (Å²) in [5.41, 5.74) is -1.47. The van der Waals surface area contributed by atoms with Crippen LogP contribution in [0.5, 0.6) is 0 Å². The first-order valence-corrected chi connectivity index (χ1v) is 13.3. The lowest BCUT2D eigenvalue weighted by Crippen LogP contribution is -2.52. The van der Waals surface area contributed by atoms with E-state index in [4.69, 9.17) is 0 Å². The highest BCUT2D eigenvalue weighted by Crippen LogP contribution is 2.60. The van der Waals surface area contributed by atoms with Gasteiger partial charge in [-0.1, -0.05) is 56.1 Å². The normalized spacial score (nSPS) is 27.4. The smallest absolute Gasteiger partial charge is 0.282 e. The average molecular weight is 650 g/mol. The Kier molecular flexibility index (Phi) is 6.63. The number of carbonyl (C=O) groups excluding carboxylic acids is 4. The number of nitro benzene ring substituents is 2. The van der Waals surface area contributed by atoms with Crippen molar-refractivity contribution in [3.05, 3.63) is 79.9 Å². The van der Waals surface area contributed by atoms with Gasteiger partial charge in [-0.3, -0.25) is 39.4 Å². The van der Waals surface area contributed by atoms with Gasteiger partial charge in [-0.25, -0.2) is 5.01 Å². The minimum Gasteiger partial charge on any atom is -0.292 e. The van der Waals surface area contributed by atoms with Gasteiger partial charge in [0.1, 0.15) is 12.1 Å². The number of imide groups is 1. The first-order valence-electron chi connectivity index (χ1n) is 11.5. The van der Waals surface area contributed by atoms with Crippen molar-refractivity contribution in [3.63, 3.8) is 0 Å². The number of para-hydroxylation sites is 1. The fraction of sp³-hybridized carbons (Fsp3) is 0.333. The number of amides is 3. The van der Waals surface area contributed by atoms with Gasteiger partial charge >= 0.3 is 0 Å². The van der Waals surface area contributed by atoms with Gasteiger partial charge in [0, 0.05) is 33.4 Å². The zero-order valence-electron chi connectivity index (χ0n) is 19.3. The molecule has 2 saturated carbocycles. The van der Waals surface area contributed by atoms with E-state index in [1.807, 2.05) is 0 Å². The van der Waals surface area contributed by atoms with Crippen molar-refractivity contribution >= 4 is 66.7 Å². The Morgan fingerprint density at radius 1 is 0.921 bits per heavy atom. The van der Waals surface area contributed by atoms with Crippen molar-refractivity contribution < 1.29 is 29.0 Å². The molecule has 2 aromatic carbocycles. The van der Waals surface area contributed by atoms with Gasteiger partial charge in [0.15, 0.2) is 5.78 Å². The number of Topliss-reactive ketones (excluding diaryl/α,β-unsaturated/α-hetero) is 1. The van der Waals surface area contributed by atoms with E-state index in [-0.39, 0.29) is 32.7 Å². The van der Waals surface area contributed by atoms with Crippen LogP contribution in [0.4, 0.5) is 11.4 Å². The van der Waals surface area contributed by atoms with Crippen molar-refractivity contribution in [1.29, 1.82) is 0 Å². The maximum Gasteiger partial charge on any atom is 0.282 e. The van der Waals surface area contributed by atoms with E-state index in [0.717, 1.165) is 12.1 Å². The topological polar surface area (TPSA) is 161 Å². The number of carbonyl (C=O) groups is 4. The number of nitrogens with zero attached hydrogens (tertiary/aromatic N) is 4. The molecule has 2 bridgehead atoms. The zero-order chi connectivity index (χ0) is 27.5. The van der Waals surface area contributed by atoms with Gasteiger partial charge in [-0.2, -0.15) is 5.01 Å². The molecule has 2 aromatic rings. The van der Waals surface area contributed by atoms with Gasteiger partial charge in [0.05, 0.1) is 21.7 Å². The Bertz CT molecular complexity index is 1390. The molecular formula is C24H18Br2N4O8. The summed E-state index contributed by atoms with van der Waals surface area (Å²) in [5.74, 6) is -4.96. The van der Waals surface area contributed by atoms with Crippen LogP contribution in [-0.2, 0) is 9.59 Å². The summed E-state index contributed by atoms with van der Waals surface area (Å²) >= 11 is 7.18. The minimum atomic E-state index is -1.09. The molecule has 1 saturated heterocycles. The molecule has 0 aromatic heterocycles. The molecule has 12 nitrogen and oxygen atoms in total. The highest BCUT2D eigenvalue weighted by Gasteiger charge is 2.67. The summed E-state index contributed by atoms with van der Waals surface area (Å²) in [4.78, 5) is 75.4. The van der Waals surface area contributed by atoms with E-state index in [1.165, 1.54) is 36.4 Å². The molecular weight excluding hydrogens is 632 g/mol. The van der Waals surface area contributed by atoms with E-state index >= 15 is 0 Å². The molecule has 3 fully saturated rings. The first kappa shape index (κ1) is 26.1. The molecule has 196 valence electrons. The minimum absolute atomic E-state index is 0.0729. The van der Waals surface area contributed by atoms with Crippen LogP contribution in [-0.4, -0.2) is 59.6 Å². The highest BCUT2D eigenvalue weighted by atomic mass is 79.9. The van der Waals surface area contributed by atoms with Crippen molar-refractivity contribution in [2.24, 2.45) is 23.7 Å². The number of alkyl halides is 2. The van der Waals surface area contributed by atoms with Crippen LogP contribution >= 0.6 is 31.9 Å². The zero-order valence-corrected chi connectivity index (χ0v) is 22.5. The molecule has 1 heterocycles. The van der Waals surface area contributed by atoms with Gasteiger partial charge in [0.2, 0.25) is 0 Å². The van der Waals surface area contributed by atoms with Crippen LogP contribution < -0.4 is 0 Å². The third kappa shape index (κ3) is 4.02. The fourth-order valence-electron chi connectivity index (χ4n) is 5.78. The molecule has 3 amide bonds. The monoisotopic (exact) mass is 648 g/mol. The van der Waals surface area contributed by atoms with E-state index in [2.05, 4.69) is 31.9 Å². The lowest BCUT2D eigenvalue weighted by molar-refractivity contribution is -0.385. The third-order valence-corrected chi connectivity index (χ3v) is 10.6. The fourth-order valence-corrected chi connectivity index (χ4v) is 7.65. The second-order valence-corrected chi connectivity index (χ2v) is 11.5. The van der Waals surface area contributed by atoms with Crippen molar-refractivity contribution in [2.45, 2.75) is 16.1 Å². The van der Waals surface area contributed by atoms with Crippen molar-refractivity contribution in [3.8, 4) is 0 Å². The van der Waals surface area contributed by atoms with E-state index < -0.39 is 63.0 Å². The van der Waals surface area contributed by atoms with Gasteiger partial charge in [0.25, 0.3) is 29.1 Å². The number of rotatable bonds is 7. The molecule has 1 aliphatic heterocycles. The second-order valence-electron chi connectivity index (χ2n) is 9.36. The Morgan fingerprint density at radius 3 is 2.11 bits per heavy atom. The maximum atomic E-state index is 13.7. The van der Waals surface area contributed by atoms with E-state index in [9.17, 15) is 39.4 Å². The average Bonchev–Trinajstić information content (AvgIpc) is 3.51. The van der Waals surface area contributed by atoms with E-state index in [0.29, 0.717) is 16.4 Å². The number of hydrogen-bond acceptors (Lipinski definition) is 8. The quantitative estimate of drug-likeness (QED) is 0.145. The molecule has 14 heteroatoms. The van der Waals surface area contributed by atoms with Crippen LogP contribution in [0.2, 0.25) is 0 Å². The van der Waals surface area contributed by atoms with Crippen LogP contribution in [0.3, 0.4) is 0 Å². The van der Waals surface area contributed by atoms with E-state index in [1.54, 1.807) is 0 Å². The summed E-state index contributed by atoms with van der Waals surface area (Å²) in [5, 5.41) is 24.1. The molecule has 2 aliphatic carbocycles. The van der Waals surface area contributed by atoms with Gasteiger partial charge in [-0.05, 0) is 24.3 Å². The lowest BCUT2D eigenvalue weighted by Gasteiger charge is -2.30. The van der Waals surface area contributed by atoms with Gasteiger partial charge in [-0.15, -0.1) is 0 Å². The second kappa shape index (κ2) is 9.66. The number of hydrogen-bond donors (Lipinski definition) is 0. The predicted octanol–water partition coefficient (Wildman–Crippen LogP) is 3.52. The molecule has 0 spiro atoms. The number of halogens is 2. The number of benzene rings is 2. The highest BCUT2D eigenvalue weighted by molar-refractivity contribution is 9.12. The number of non-ortho nitro benzene ring substituents is 1. The lowest BCUT2D eigenvalue weighted by atomic mass is 9.81. The summed E-state index contributed by atoms with van der Waals surface area (Å²) in [6, 6.07) is 9.80. The molecule has 0 radical (unpaired) electrons. The van der Waals surface area contributed by atoms with Crippen molar-refractivity contribution in [2.75, 3.05) is 6.54 Å². The Morgan fingerprint density at radius 2 is 1.53 bits per heavy atom. The molecule has 0 unspecified atom stereocenters. The number of hydrazine groups is 1. The van der Waals surface area contributed by atoms with Crippen LogP contribution in [0.15, 0.2) is 48.5 Å². The Balaban J connectivity index is 1.55. The maximum absolute atomic E-state index is 13.7. The van der Waals surface area contributed by atoms with Gasteiger partial charge < -0.3 is 0 Å². The molecule has 6 atom stereocenters. The van der Waals surface area contributed by atoms with Crippen LogP contribution in [0.25, 0.3) is 0 Å². The van der Waals surface area contributed by atoms with Crippen LogP contribution in [0, 0.1) is 43.9 Å². The summed E-state index contributed by atoms with van der Waals surface area (Å²) in [6.45, 7) is -0.839. The number of ketones is 1. The Hall–Kier alpha value is -3.52. The molecule has 38 heavy (non-hydrogen) atoms. The summed E-state index contributed by atoms with van der Waals surface area (Å²) < 4.78 is 0. The predicted molar refractivity (Wildman–Crippen MR) is 137 cm³/mol. The largest absolute Gasteiger partial charge is 0.292 e. The number of nitro groups is 2. The SMILES string of the molecule is O=C(CN(C(=O)c1ccccc1[N+](=O)[O-])N1C(=O)[C@@H]2[C@H]3C[C@@H]([C@@H](Br)[C@H]3Br)[C@H]2C1=O)c1cccc([N+](=O)[O-])c1. The Labute approximate surface area is 231 Å². The molecule has 5 rings (SSSR count). The number of fused-ring (bicyclic) bond motifs is 5. The molecule has 0 N–H and O–H groups in total. The summed E-state index contributed by atoms with van der Waals surface area (Å²) in [7, 11) is 0. The van der Waals surface area contributed by atoms with Crippen molar-refractivity contribution in [1.82, 2.24) is 10.0 Å². The standard InChI is InChI=1S/C24H18Br2N4O8/c25-20-14-9-15(21(20)26)19-18(14)23(33)28(24(19)34)27(22(32)13-6-1-2-7-16(13)30(37)38)10-17(31)11-4-3-5-12(8-11)29(35)36/h1-8,14-15,18-21H,9-10H2/t14-,15-,18-,19-,20-,21+/m1/s1. The first-order chi connectivity index (χ1) is 18.0. The third-order valence-electron chi connectivity index (χ3n) is 7.44. The summed E-state index contributed by atoms with van der Waals surface area (Å²) in [6.07, 6.45) is 0.636.